The van der Waals surface area contributed by atoms with Crippen LogP contribution in [-0.2, 0) is 0 Å². The van der Waals surface area contributed by atoms with Gasteiger partial charge in [0.1, 0.15) is 23.5 Å². The third-order valence-corrected chi connectivity index (χ3v) is 4.78. The molecule has 0 saturated heterocycles. The van der Waals surface area contributed by atoms with Gasteiger partial charge in [-0.2, -0.15) is 5.10 Å². The van der Waals surface area contributed by atoms with E-state index in [4.69, 9.17) is 31.1 Å². The summed E-state index contributed by atoms with van der Waals surface area (Å²) in [5.74, 6) is 2.29. The Labute approximate surface area is 191 Å². The van der Waals surface area contributed by atoms with Crippen molar-refractivity contribution in [1.82, 2.24) is 16.3 Å². The number of hydrogen-bond donors (Lipinski definition) is 7. The summed E-state index contributed by atoms with van der Waals surface area (Å²) in [6.07, 6.45) is 5.36. The third kappa shape index (κ3) is 5.58. The van der Waals surface area contributed by atoms with E-state index >= 15 is 0 Å². The Kier molecular flexibility index (Phi) is 7.47. The largest absolute Gasteiger partial charge is 0.493 e. The molecule has 0 fully saturated rings. The van der Waals surface area contributed by atoms with Crippen molar-refractivity contribution in [3.63, 3.8) is 0 Å². The molecular formula is C22H28N8O3. The van der Waals surface area contributed by atoms with Gasteiger partial charge in [0, 0.05) is 17.5 Å². The SMILES string of the molecule is COc1cc(C(Nc2ccc(C(=N)N)cc2)/C(N)=N/NC2=CC=CNN2)cc(OC)c1OC. The lowest BCUT2D eigenvalue weighted by Crippen LogP contribution is -2.36. The number of benzene rings is 2. The minimum atomic E-state index is -0.568. The van der Waals surface area contributed by atoms with E-state index in [1.807, 2.05) is 18.2 Å². The summed E-state index contributed by atoms with van der Waals surface area (Å²) in [6.45, 7) is 0. The summed E-state index contributed by atoms with van der Waals surface area (Å²) in [7, 11) is 4.63. The van der Waals surface area contributed by atoms with Crippen molar-refractivity contribution in [2.45, 2.75) is 6.04 Å². The fourth-order valence-electron chi connectivity index (χ4n) is 3.12. The van der Waals surface area contributed by atoms with E-state index in [1.165, 1.54) is 0 Å². The average Bonchev–Trinajstić information content (AvgIpc) is 2.85. The number of rotatable bonds is 10. The highest BCUT2D eigenvalue weighted by Crippen LogP contribution is 2.40. The number of ether oxygens (including phenoxy) is 3. The number of anilines is 1. The van der Waals surface area contributed by atoms with E-state index < -0.39 is 6.04 Å². The van der Waals surface area contributed by atoms with Crippen LogP contribution in [0.25, 0.3) is 0 Å². The maximum atomic E-state index is 7.58. The molecule has 0 aliphatic carbocycles. The maximum absolute atomic E-state index is 7.58. The van der Waals surface area contributed by atoms with Gasteiger partial charge in [-0.1, -0.05) is 0 Å². The molecular weight excluding hydrogens is 424 g/mol. The monoisotopic (exact) mass is 452 g/mol. The molecule has 33 heavy (non-hydrogen) atoms. The minimum absolute atomic E-state index is 0.0103. The minimum Gasteiger partial charge on any atom is -0.493 e. The molecule has 1 aliphatic heterocycles. The first-order valence-electron chi connectivity index (χ1n) is 9.95. The van der Waals surface area contributed by atoms with Gasteiger partial charge in [0.05, 0.1) is 21.3 Å². The maximum Gasteiger partial charge on any atom is 0.203 e. The van der Waals surface area contributed by atoms with E-state index in [2.05, 4.69) is 26.7 Å². The molecule has 1 unspecified atom stereocenters. The Bertz CT molecular complexity index is 1050. The van der Waals surface area contributed by atoms with Crippen molar-refractivity contribution in [2.75, 3.05) is 26.6 Å². The van der Waals surface area contributed by atoms with Crippen LogP contribution in [0.5, 0.6) is 17.2 Å². The van der Waals surface area contributed by atoms with Crippen molar-refractivity contribution in [1.29, 1.82) is 5.41 Å². The molecule has 3 rings (SSSR count). The number of nitrogens with two attached hydrogens (primary N) is 2. The molecule has 9 N–H and O–H groups in total. The summed E-state index contributed by atoms with van der Waals surface area (Å²) >= 11 is 0. The Morgan fingerprint density at radius 2 is 1.70 bits per heavy atom. The van der Waals surface area contributed by atoms with E-state index in [-0.39, 0.29) is 11.7 Å². The van der Waals surface area contributed by atoms with Crippen LogP contribution in [0, 0.1) is 5.41 Å². The second-order valence-corrected chi connectivity index (χ2v) is 6.88. The van der Waals surface area contributed by atoms with Gasteiger partial charge < -0.3 is 36.4 Å². The number of amidine groups is 2. The van der Waals surface area contributed by atoms with Gasteiger partial charge >= 0.3 is 0 Å². The average molecular weight is 453 g/mol. The number of methoxy groups -OCH3 is 3. The lowest BCUT2D eigenvalue weighted by Gasteiger charge is -2.23. The topological polar surface area (TPSA) is 164 Å². The van der Waals surface area contributed by atoms with Gasteiger partial charge in [-0.15, -0.1) is 0 Å². The Hall–Kier alpha value is -4.54. The molecule has 2 aromatic carbocycles. The Morgan fingerprint density at radius 3 is 2.21 bits per heavy atom. The number of hydrogen-bond acceptors (Lipinski definition) is 9. The van der Waals surface area contributed by atoms with Crippen LogP contribution in [0.15, 0.2) is 65.7 Å². The summed E-state index contributed by atoms with van der Waals surface area (Å²) in [6, 6.07) is 10.1. The molecule has 1 heterocycles. The van der Waals surface area contributed by atoms with Gasteiger partial charge in [0.25, 0.3) is 0 Å². The second-order valence-electron chi connectivity index (χ2n) is 6.88. The highest BCUT2D eigenvalue weighted by atomic mass is 16.5. The first-order valence-corrected chi connectivity index (χ1v) is 9.95. The Balaban J connectivity index is 1.99. The Morgan fingerprint density at radius 1 is 1.03 bits per heavy atom. The van der Waals surface area contributed by atoms with Crippen molar-refractivity contribution in [2.24, 2.45) is 16.6 Å². The van der Waals surface area contributed by atoms with Crippen LogP contribution >= 0.6 is 0 Å². The number of allylic oxidation sites excluding steroid dienone is 2. The summed E-state index contributed by atoms with van der Waals surface area (Å²) in [4.78, 5) is 0. The molecule has 11 heteroatoms. The molecule has 0 radical (unpaired) electrons. The first-order chi connectivity index (χ1) is 16.0. The zero-order valence-electron chi connectivity index (χ0n) is 18.6. The van der Waals surface area contributed by atoms with E-state index in [0.29, 0.717) is 28.6 Å². The fraction of sp³-hybridized carbons (Fsp3) is 0.182. The van der Waals surface area contributed by atoms with Crippen LogP contribution < -0.4 is 47.3 Å². The molecule has 0 aromatic heterocycles. The normalized spacial score (nSPS) is 13.7. The van der Waals surface area contributed by atoms with Gasteiger partial charge in [-0.25, -0.2) is 0 Å². The smallest absolute Gasteiger partial charge is 0.203 e. The highest BCUT2D eigenvalue weighted by Gasteiger charge is 2.22. The van der Waals surface area contributed by atoms with E-state index in [1.54, 1.807) is 57.9 Å². The van der Waals surface area contributed by atoms with E-state index in [9.17, 15) is 0 Å². The molecule has 174 valence electrons. The lowest BCUT2D eigenvalue weighted by atomic mass is 10.0. The van der Waals surface area contributed by atoms with Gasteiger partial charge in [0.15, 0.2) is 11.5 Å². The summed E-state index contributed by atoms with van der Waals surface area (Å²) in [5.41, 5.74) is 22.7. The standard InChI is InChI=1S/C22H28N8O3/c1-31-16-11-14(12-17(32-2)20(16)33-3)19(22(25)30-29-18-5-4-10-26-28-18)27-15-8-6-13(7-9-15)21(23)24/h4-12,19,26-29H,1-3H3,(H3,23,24)(H2,25,30). The zero-order chi connectivity index (χ0) is 23.8. The number of hydrazone groups is 1. The molecule has 11 nitrogen and oxygen atoms in total. The van der Waals surface area contributed by atoms with Crippen molar-refractivity contribution >= 4 is 17.4 Å². The molecule has 1 aliphatic rings. The summed E-state index contributed by atoms with van der Waals surface area (Å²) < 4.78 is 16.4. The van der Waals surface area contributed by atoms with Gasteiger partial charge in [-0.3, -0.25) is 16.3 Å². The third-order valence-electron chi connectivity index (χ3n) is 4.78. The zero-order valence-corrected chi connectivity index (χ0v) is 18.6. The number of nitrogens with zero attached hydrogens (tertiary/aromatic N) is 1. The molecule has 0 saturated carbocycles. The molecule has 0 amide bonds. The van der Waals surface area contributed by atoms with Crippen LogP contribution in [-0.4, -0.2) is 33.0 Å². The quantitative estimate of drug-likeness (QED) is 0.161. The second kappa shape index (κ2) is 10.7. The molecule has 2 aromatic rings. The van der Waals surface area contributed by atoms with Crippen molar-refractivity contribution in [3.8, 4) is 17.2 Å². The van der Waals surface area contributed by atoms with Crippen LogP contribution in [0.2, 0.25) is 0 Å². The lowest BCUT2D eigenvalue weighted by molar-refractivity contribution is 0.324. The summed E-state index contributed by atoms with van der Waals surface area (Å²) in [5, 5.41) is 15.3. The predicted octanol–water partition coefficient (Wildman–Crippen LogP) is 1.47. The number of nitrogens with one attached hydrogen (secondary N) is 5. The molecule has 0 bridgehead atoms. The number of nitrogen functional groups attached to an aromatic ring is 1. The van der Waals surface area contributed by atoms with E-state index in [0.717, 1.165) is 11.3 Å². The van der Waals surface area contributed by atoms with Gasteiger partial charge in [0.2, 0.25) is 5.75 Å². The van der Waals surface area contributed by atoms with Crippen molar-refractivity contribution < 1.29 is 14.2 Å². The van der Waals surface area contributed by atoms with Crippen molar-refractivity contribution in [3.05, 3.63) is 71.7 Å². The number of hydrazine groups is 1. The first kappa shape index (κ1) is 23.1. The molecule has 1 atom stereocenters. The molecule has 0 spiro atoms. The highest BCUT2D eigenvalue weighted by molar-refractivity contribution is 5.95. The van der Waals surface area contributed by atoms with Crippen LogP contribution in [0.4, 0.5) is 5.69 Å². The predicted molar refractivity (Wildman–Crippen MR) is 128 cm³/mol. The van der Waals surface area contributed by atoms with Gasteiger partial charge in [-0.05, 0) is 54.1 Å². The fourth-order valence-corrected chi connectivity index (χ4v) is 3.12. The van der Waals surface area contributed by atoms with Crippen LogP contribution in [0.1, 0.15) is 17.2 Å². The van der Waals surface area contributed by atoms with Crippen LogP contribution in [0.3, 0.4) is 0 Å².